The molecule has 23 heavy (non-hydrogen) atoms. The van der Waals surface area contributed by atoms with E-state index in [1.54, 1.807) is 19.2 Å². The van der Waals surface area contributed by atoms with Gasteiger partial charge in [-0.3, -0.25) is 10.1 Å². The largest absolute Gasteiger partial charge is 0.479 e. The minimum absolute atomic E-state index is 0.0665. The van der Waals surface area contributed by atoms with Gasteiger partial charge in [-0.15, -0.1) is 10.2 Å². The highest BCUT2D eigenvalue weighted by Gasteiger charge is 2.07. The van der Waals surface area contributed by atoms with E-state index in [0.717, 1.165) is 16.3 Å². The first kappa shape index (κ1) is 14.6. The molecular weight excluding hydrogens is 294 g/mol. The lowest BCUT2D eigenvalue weighted by molar-refractivity contribution is -0.384. The van der Waals surface area contributed by atoms with Gasteiger partial charge in [0.05, 0.1) is 17.7 Å². The molecule has 0 aliphatic heterocycles. The minimum atomic E-state index is -0.421. The van der Waals surface area contributed by atoms with Crippen LogP contribution in [0.25, 0.3) is 22.9 Å². The van der Waals surface area contributed by atoms with E-state index in [9.17, 15) is 10.1 Å². The van der Waals surface area contributed by atoms with Gasteiger partial charge < -0.3 is 4.74 Å². The smallest absolute Gasteiger partial charge is 0.269 e. The van der Waals surface area contributed by atoms with Crippen LogP contribution in [0.15, 0.2) is 48.5 Å². The Labute approximate surface area is 132 Å². The summed E-state index contributed by atoms with van der Waals surface area (Å²) in [5.74, 6) is 0.480. The first-order valence-corrected chi connectivity index (χ1v) is 6.91. The Bertz CT molecular complexity index is 889. The standard InChI is InChI=1S/C17H13N3O3/c1-23-17-15-5-3-2-4-14(15)16(18-19-17)11-8-12-6-9-13(10-7-12)20(21)22/h2-11H,1H3. The van der Waals surface area contributed by atoms with Crippen molar-refractivity contribution in [3.63, 3.8) is 0 Å². The third-order valence-corrected chi connectivity index (χ3v) is 3.41. The molecule has 6 heteroatoms. The van der Waals surface area contributed by atoms with E-state index in [4.69, 9.17) is 4.74 Å². The lowest BCUT2D eigenvalue weighted by Gasteiger charge is -2.05. The molecule has 0 aliphatic carbocycles. The first-order valence-electron chi connectivity index (χ1n) is 6.91. The Morgan fingerprint density at radius 3 is 2.35 bits per heavy atom. The number of benzene rings is 2. The Kier molecular flexibility index (Phi) is 3.97. The van der Waals surface area contributed by atoms with Crippen molar-refractivity contribution < 1.29 is 9.66 Å². The number of nitro groups is 1. The fourth-order valence-electron chi connectivity index (χ4n) is 2.26. The van der Waals surface area contributed by atoms with Crippen LogP contribution in [-0.4, -0.2) is 22.2 Å². The lowest BCUT2D eigenvalue weighted by Crippen LogP contribution is -1.95. The van der Waals surface area contributed by atoms with Crippen LogP contribution in [0.5, 0.6) is 5.88 Å². The molecule has 0 fully saturated rings. The van der Waals surface area contributed by atoms with Crippen LogP contribution in [0.3, 0.4) is 0 Å². The molecule has 0 N–H and O–H groups in total. The van der Waals surface area contributed by atoms with E-state index in [0.29, 0.717) is 11.6 Å². The van der Waals surface area contributed by atoms with Crippen molar-refractivity contribution >= 4 is 28.6 Å². The molecule has 3 aromatic rings. The molecule has 0 saturated heterocycles. The number of aromatic nitrogens is 2. The summed E-state index contributed by atoms with van der Waals surface area (Å²) in [5.41, 5.74) is 1.62. The predicted molar refractivity (Wildman–Crippen MR) is 88.1 cm³/mol. The average molecular weight is 307 g/mol. The summed E-state index contributed by atoms with van der Waals surface area (Å²) < 4.78 is 5.22. The van der Waals surface area contributed by atoms with Gasteiger partial charge >= 0.3 is 0 Å². The number of nitro benzene ring substituents is 1. The summed E-state index contributed by atoms with van der Waals surface area (Å²) in [6.07, 6.45) is 3.67. The van der Waals surface area contributed by atoms with Crippen LogP contribution in [0.4, 0.5) is 5.69 Å². The Hall–Kier alpha value is -3.28. The van der Waals surface area contributed by atoms with Gasteiger partial charge in [-0.2, -0.15) is 0 Å². The van der Waals surface area contributed by atoms with Crippen LogP contribution in [0.1, 0.15) is 11.3 Å². The van der Waals surface area contributed by atoms with E-state index >= 15 is 0 Å². The summed E-state index contributed by atoms with van der Waals surface area (Å²) in [4.78, 5) is 10.2. The van der Waals surface area contributed by atoms with E-state index in [1.165, 1.54) is 12.1 Å². The third-order valence-electron chi connectivity index (χ3n) is 3.41. The Balaban J connectivity index is 1.96. The van der Waals surface area contributed by atoms with Gasteiger partial charge in [-0.1, -0.05) is 24.3 Å². The normalized spacial score (nSPS) is 11.0. The Morgan fingerprint density at radius 2 is 1.70 bits per heavy atom. The summed E-state index contributed by atoms with van der Waals surface area (Å²) in [5, 5.41) is 20.7. The number of rotatable bonds is 4. The molecule has 1 aromatic heterocycles. The van der Waals surface area contributed by atoms with Crippen molar-refractivity contribution in [2.45, 2.75) is 0 Å². The van der Waals surface area contributed by atoms with E-state index in [2.05, 4.69) is 10.2 Å². The predicted octanol–water partition coefficient (Wildman–Crippen LogP) is 3.72. The van der Waals surface area contributed by atoms with Gasteiger partial charge in [0.2, 0.25) is 5.88 Å². The molecule has 0 radical (unpaired) electrons. The molecule has 2 aromatic carbocycles. The maximum atomic E-state index is 10.7. The minimum Gasteiger partial charge on any atom is -0.479 e. The van der Waals surface area contributed by atoms with Crippen molar-refractivity contribution in [1.82, 2.24) is 10.2 Å². The van der Waals surface area contributed by atoms with Crippen molar-refractivity contribution in [3.05, 3.63) is 69.9 Å². The number of hydrogen-bond acceptors (Lipinski definition) is 5. The van der Waals surface area contributed by atoms with Crippen LogP contribution in [0, 0.1) is 10.1 Å². The molecule has 0 spiro atoms. The van der Waals surface area contributed by atoms with Gasteiger partial charge in [0.25, 0.3) is 5.69 Å². The summed E-state index contributed by atoms with van der Waals surface area (Å²) in [6, 6.07) is 14.0. The SMILES string of the molecule is COc1nnc(C=Cc2ccc([N+](=O)[O-])cc2)c2ccccc12. The molecule has 0 bridgehead atoms. The van der Waals surface area contributed by atoms with Crippen molar-refractivity contribution in [1.29, 1.82) is 0 Å². The van der Waals surface area contributed by atoms with Gasteiger partial charge in [-0.25, -0.2) is 0 Å². The number of hydrogen-bond donors (Lipinski definition) is 0. The zero-order chi connectivity index (χ0) is 16.2. The summed E-state index contributed by atoms with van der Waals surface area (Å²) >= 11 is 0. The van der Waals surface area contributed by atoms with Gasteiger partial charge in [0.15, 0.2) is 0 Å². The van der Waals surface area contributed by atoms with E-state index in [-0.39, 0.29) is 5.69 Å². The van der Waals surface area contributed by atoms with E-state index in [1.807, 2.05) is 36.4 Å². The van der Waals surface area contributed by atoms with Crippen molar-refractivity contribution in [2.75, 3.05) is 7.11 Å². The average Bonchev–Trinajstić information content (AvgIpc) is 2.60. The molecule has 114 valence electrons. The van der Waals surface area contributed by atoms with Gasteiger partial charge in [0, 0.05) is 22.9 Å². The summed E-state index contributed by atoms with van der Waals surface area (Å²) in [6.45, 7) is 0. The molecule has 0 amide bonds. The fraction of sp³-hybridized carbons (Fsp3) is 0.0588. The number of methoxy groups -OCH3 is 1. The maximum absolute atomic E-state index is 10.7. The molecule has 0 aliphatic rings. The van der Waals surface area contributed by atoms with Crippen LogP contribution < -0.4 is 4.74 Å². The van der Waals surface area contributed by atoms with Crippen LogP contribution >= 0.6 is 0 Å². The Morgan fingerprint density at radius 1 is 1.00 bits per heavy atom. The number of non-ortho nitro benzene ring substituents is 1. The molecular formula is C17H13N3O3. The number of fused-ring (bicyclic) bond motifs is 1. The van der Waals surface area contributed by atoms with Crippen molar-refractivity contribution in [2.24, 2.45) is 0 Å². The highest BCUT2D eigenvalue weighted by molar-refractivity contribution is 5.93. The molecule has 0 saturated carbocycles. The molecule has 0 unspecified atom stereocenters. The fourth-order valence-corrected chi connectivity index (χ4v) is 2.26. The van der Waals surface area contributed by atoms with E-state index < -0.39 is 4.92 Å². The lowest BCUT2D eigenvalue weighted by atomic mass is 10.1. The molecule has 0 atom stereocenters. The summed E-state index contributed by atoms with van der Waals surface area (Å²) in [7, 11) is 1.56. The zero-order valence-electron chi connectivity index (χ0n) is 12.3. The second-order valence-corrected chi connectivity index (χ2v) is 4.82. The highest BCUT2D eigenvalue weighted by atomic mass is 16.6. The quantitative estimate of drug-likeness (QED) is 0.542. The second-order valence-electron chi connectivity index (χ2n) is 4.82. The monoisotopic (exact) mass is 307 g/mol. The van der Waals surface area contributed by atoms with Gasteiger partial charge in [-0.05, 0) is 29.8 Å². The van der Waals surface area contributed by atoms with Crippen LogP contribution in [0.2, 0.25) is 0 Å². The number of ether oxygens (including phenoxy) is 1. The second kappa shape index (κ2) is 6.23. The van der Waals surface area contributed by atoms with Gasteiger partial charge in [0.1, 0.15) is 0 Å². The topological polar surface area (TPSA) is 78.2 Å². The van der Waals surface area contributed by atoms with Crippen LogP contribution in [-0.2, 0) is 0 Å². The number of nitrogens with zero attached hydrogens (tertiary/aromatic N) is 3. The third kappa shape index (κ3) is 3.01. The maximum Gasteiger partial charge on any atom is 0.269 e. The first-order chi connectivity index (χ1) is 11.2. The zero-order valence-corrected chi connectivity index (χ0v) is 12.3. The highest BCUT2D eigenvalue weighted by Crippen LogP contribution is 2.25. The van der Waals surface area contributed by atoms with Crippen molar-refractivity contribution in [3.8, 4) is 5.88 Å². The molecule has 1 heterocycles. The molecule has 6 nitrogen and oxygen atoms in total. The molecule has 3 rings (SSSR count).